The van der Waals surface area contributed by atoms with E-state index in [1.165, 1.54) is 0 Å². The van der Waals surface area contributed by atoms with Gasteiger partial charge in [0.2, 0.25) is 0 Å². The molecule has 0 fully saturated rings. The molecule has 1 heterocycles. The zero-order chi connectivity index (χ0) is 7.84. The smallest absolute Gasteiger partial charge is 0.144 e. The Morgan fingerprint density at radius 2 is 2.09 bits per heavy atom. The Labute approximate surface area is 69.7 Å². The van der Waals surface area contributed by atoms with Crippen LogP contribution in [0.2, 0.25) is 0 Å². The molecule has 2 N–H and O–H groups in total. The van der Waals surface area contributed by atoms with E-state index in [0.717, 1.165) is 11.3 Å². The van der Waals surface area contributed by atoms with Crippen molar-refractivity contribution in [1.82, 2.24) is 0 Å². The van der Waals surface area contributed by atoms with E-state index in [1.807, 2.05) is 24.3 Å². The number of halogens is 1. The predicted molar refractivity (Wildman–Crippen MR) is 46.5 cm³/mol. The Hall–Kier alpha value is -1.02. The Kier molecular flexibility index (Phi) is 1.36. The lowest BCUT2D eigenvalue weighted by Crippen LogP contribution is -2.13. The molecule has 0 saturated carbocycles. The van der Waals surface area contributed by atoms with Crippen LogP contribution in [0, 0.1) is 5.41 Å². The van der Waals surface area contributed by atoms with Gasteiger partial charge in [-0.2, -0.15) is 0 Å². The minimum atomic E-state index is -0.354. The first-order chi connectivity index (χ1) is 5.29. The van der Waals surface area contributed by atoms with Gasteiger partial charge in [-0.15, -0.1) is 0 Å². The van der Waals surface area contributed by atoms with Crippen LogP contribution in [0.3, 0.4) is 0 Å². The first kappa shape index (κ1) is 6.68. The average molecular weight is 167 g/mol. The standard InChI is InChI=1S/C8H7ClN2/c9-8-7(10)5-3-1-2-4-6(5)11-8/h1-4,8,10-11H. The summed E-state index contributed by atoms with van der Waals surface area (Å²) in [5.74, 6) is 0. The van der Waals surface area contributed by atoms with Gasteiger partial charge in [-0.3, -0.25) is 0 Å². The van der Waals surface area contributed by atoms with Crippen molar-refractivity contribution in [3.63, 3.8) is 0 Å². The lowest BCUT2D eigenvalue weighted by Gasteiger charge is -1.98. The Balaban J connectivity index is 2.55. The van der Waals surface area contributed by atoms with Crippen LogP contribution >= 0.6 is 11.6 Å². The number of hydrogen-bond donors (Lipinski definition) is 2. The quantitative estimate of drug-likeness (QED) is 0.449. The van der Waals surface area contributed by atoms with Crippen LogP contribution in [0.25, 0.3) is 0 Å². The molecule has 2 rings (SSSR count). The van der Waals surface area contributed by atoms with Crippen molar-refractivity contribution in [3.8, 4) is 0 Å². The zero-order valence-corrected chi connectivity index (χ0v) is 6.52. The fourth-order valence-electron chi connectivity index (χ4n) is 1.19. The summed E-state index contributed by atoms with van der Waals surface area (Å²) in [6.45, 7) is 0. The van der Waals surface area contributed by atoms with Gasteiger partial charge in [0.15, 0.2) is 0 Å². The molecule has 3 heteroatoms. The largest absolute Gasteiger partial charge is 0.364 e. The summed E-state index contributed by atoms with van der Waals surface area (Å²) < 4.78 is 0. The Morgan fingerprint density at radius 3 is 2.82 bits per heavy atom. The molecule has 11 heavy (non-hydrogen) atoms. The molecule has 1 aliphatic rings. The van der Waals surface area contributed by atoms with E-state index in [2.05, 4.69) is 5.32 Å². The average Bonchev–Trinajstić information content (AvgIpc) is 2.30. The molecule has 0 radical (unpaired) electrons. The molecule has 0 amide bonds. The third-order valence-electron chi connectivity index (χ3n) is 1.75. The second-order valence-corrected chi connectivity index (χ2v) is 2.90. The second-order valence-electron chi connectivity index (χ2n) is 2.47. The number of anilines is 1. The van der Waals surface area contributed by atoms with Gasteiger partial charge in [-0.05, 0) is 6.07 Å². The van der Waals surface area contributed by atoms with E-state index in [9.17, 15) is 0 Å². The van der Waals surface area contributed by atoms with Crippen LogP contribution in [-0.2, 0) is 0 Å². The molecule has 0 bridgehead atoms. The summed E-state index contributed by atoms with van der Waals surface area (Å²) in [5.41, 5.74) is 1.97. The summed E-state index contributed by atoms with van der Waals surface area (Å²) in [6.07, 6.45) is 0. The molecule has 1 atom stereocenters. The number of rotatable bonds is 0. The highest BCUT2D eigenvalue weighted by atomic mass is 35.5. The van der Waals surface area contributed by atoms with Crippen LogP contribution in [0.1, 0.15) is 5.56 Å². The number of para-hydroxylation sites is 1. The molecule has 1 aliphatic heterocycles. The van der Waals surface area contributed by atoms with Crippen LogP contribution in [0.4, 0.5) is 5.69 Å². The normalized spacial score (nSPS) is 21.2. The SMILES string of the molecule is N=C1c2ccccc2NC1Cl. The van der Waals surface area contributed by atoms with Crippen molar-refractivity contribution in [1.29, 1.82) is 5.41 Å². The molecular weight excluding hydrogens is 160 g/mol. The highest BCUT2D eigenvalue weighted by Gasteiger charge is 2.23. The Bertz CT molecular complexity index is 309. The van der Waals surface area contributed by atoms with Crippen molar-refractivity contribution in [2.45, 2.75) is 5.50 Å². The summed E-state index contributed by atoms with van der Waals surface area (Å²) in [6, 6.07) is 7.65. The molecule has 0 saturated heterocycles. The maximum Gasteiger partial charge on any atom is 0.144 e. The number of hydrogen-bond acceptors (Lipinski definition) is 2. The van der Waals surface area contributed by atoms with Crippen LogP contribution in [0.15, 0.2) is 24.3 Å². The number of alkyl halides is 1. The van der Waals surface area contributed by atoms with Crippen molar-refractivity contribution in [3.05, 3.63) is 29.8 Å². The minimum Gasteiger partial charge on any atom is -0.364 e. The number of fused-ring (bicyclic) bond motifs is 1. The molecule has 1 unspecified atom stereocenters. The van der Waals surface area contributed by atoms with Crippen molar-refractivity contribution in [2.24, 2.45) is 0 Å². The van der Waals surface area contributed by atoms with Gasteiger partial charge in [0.05, 0.1) is 5.71 Å². The topological polar surface area (TPSA) is 35.9 Å². The van der Waals surface area contributed by atoms with Gasteiger partial charge in [0.25, 0.3) is 0 Å². The lowest BCUT2D eigenvalue weighted by molar-refractivity contribution is 1.32. The maximum absolute atomic E-state index is 7.54. The highest BCUT2D eigenvalue weighted by Crippen LogP contribution is 2.26. The van der Waals surface area contributed by atoms with E-state index >= 15 is 0 Å². The number of nitrogens with one attached hydrogen (secondary N) is 2. The van der Waals surface area contributed by atoms with Crippen molar-refractivity contribution in [2.75, 3.05) is 5.32 Å². The Morgan fingerprint density at radius 1 is 1.36 bits per heavy atom. The van der Waals surface area contributed by atoms with E-state index in [-0.39, 0.29) is 5.50 Å². The molecular formula is C8H7ClN2. The van der Waals surface area contributed by atoms with Crippen molar-refractivity contribution >= 4 is 23.0 Å². The van der Waals surface area contributed by atoms with Crippen LogP contribution in [0.5, 0.6) is 0 Å². The lowest BCUT2D eigenvalue weighted by atomic mass is 10.1. The fraction of sp³-hybridized carbons (Fsp3) is 0.125. The summed E-state index contributed by atoms with van der Waals surface area (Å²) in [4.78, 5) is 0. The molecule has 0 aliphatic carbocycles. The highest BCUT2D eigenvalue weighted by molar-refractivity contribution is 6.38. The molecule has 0 aromatic heterocycles. The van der Waals surface area contributed by atoms with E-state index in [4.69, 9.17) is 17.0 Å². The van der Waals surface area contributed by atoms with Gasteiger partial charge in [-0.25, -0.2) is 0 Å². The number of benzene rings is 1. The summed E-state index contributed by atoms with van der Waals surface area (Å²) in [7, 11) is 0. The maximum atomic E-state index is 7.54. The predicted octanol–water partition coefficient (Wildman–Crippen LogP) is 2.04. The van der Waals surface area contributed by atoms with Crippen LogP contribution in [-0.4, -0.2) is 11.2 Å². The monoisotopic (exact) mass is 166 g/mol. The van der Waals surface area contributed by atoms with Gasteiger partial charge in [0, 0.05) is 11.3 Å². The molecule has 1 aromatic rings. The van der Waals surface area contributed by atoms with Crippen LogP contribution < -0.4 is 5.32 Å². The fourth-order valence-corrected chi connectivity index (χ4v) is 1.42. The van der Waals surface area contributed by atoms with E-state index in [1.54, 1.807) is 0 Å². The summed E-state index contributed by atoms with van der Waals surface area (Å²) in [5, 5.41) is 10.5. The van der Waals surface area contributed by atoms with Gasteiger partial charge in [0.1, 0.15) is 5.50 Å². The zero-order valence-electron chi connectivity index (χ0n) is 5.76. The van der Waals surface area contributed by atoms with Gasteiger partial charge in [-0.1, -0.05) is 29.8 Å². The molecule has 56 valence electrons. The molecule has 0 spiro atoms. The van der Waals surface area contributed by atoms with Crippen molar-refractivity contribution < 1.29 is 0 Å². The van der Waals surface area contributed by atoms with Gasteiger partial charge < -0.3 is 10.7 Å². The third-order valence-corrected chi connectivity index (χ3v) is 2.08. The first-order valence-electron chi connectivity index (χ1n) is 3.37. The third kappa shape index (κ3) is 0.906. The van der Waals surface area contributed by atoms with E-state index < -0.39 is 0 Å². The van der Waals surface area contributed by atoms with Gasteiger partial charge >= 0.3 is 0 Å². The summed E-state index contributed by atoms with van der Waals surface area (Å²) >= 11 is 5.79. The molecule has 1 aromatic carbocycles. The second kappa shape index (κ2) is 2.24. The van der Waals surface area contributed by atoms with E-state index in [0.29, 0.717) is 5.71 Å². The molecule has 2 nitrogen and oxygen atoms in total. The first-order valence-corrected chi connectivity index (χ1v) is 3.81. The minimum absolute atomic E-state index is 0.354.